The minimum absolute atomic E-state index is 0.0108. The third-order valence-corrected chi connectivity index (χ3v) is 4.27. The van der Waals surface area contributed by atoms with Gasteiger partial charge in [-0.2, -0.15) is 0 Å². The summed E-state index contributed by atoms with van der Waals surface area (Å²) in [4.78, 5) is 0. The Bertz CT molecular complexity index is 452. The smallest absolute Gasteiger partial charge is 0.0710 e. The van der Waals surface area contributed by atoms with Crippen LogP contribution in [0.25, 0.3) is 10.1 Å². The molecule has 0 fully saturated rings. The highest BCUT2D eigenvalue weighted by atomic mass is 79.9. The number of aliphatic hydroxyl groups is 1. The van der Waals surface area contributed by atoms with Gasteiger partial charge in [0.1, 0.15) is 0 Å². The Morgan fingerprint density at radius 3 is 2.92 bits per heavy atom. The van der Waals surface area contributed by atoms with Crippen LogP contribution in [0.15, 0.2) is 22.0 Å². The van der Waals surface area contributed by atoms with E-state index in [0.717, 1.165) is 20.1 Å². The monoisotopic (exact) mass is 276 g/mol. The van der Waals surface area contributed by atoms with E-state index < -0.39 is 0 Å². The molecule has 0 saturated carbocycles. The Balaban J connectivity index is 2.85. The molecule has 2 rings (SSSR count). The lowest BCUT2D eigenvalue weighted by Crippen LogP contribution is -1.84. The largest absolute Gasteiger partial charge is 0.392 e. The molecule has 2 aromatic rings. The molecule has 13 heavy (non-hydrogen) atoms. The van der Waals surface area contributed by atoms with E-state index in [1.807, 2.05) is 17.5 Å². The number of hydrogen-bond donors (Lipinski definition) is 1. The van der Waals surface area contributed by atoms with Crippen LogP contribution in [0.5, 0.6) is 0 Å². The van der Waals surface area contributed by atoms with Gasteiger partial charge in [0.25, 0.3) is 0 Å². The molecule has 68 valence electrons. The Morgan fingerprint density at radius 2 is 2.23 bits per heavy atom. The van der Waals surface area contributed by atoms with Crippen LogP contribution >= 0.6 is 38.9 Å². The predicted molar refractivity (Wildman–Crippen MR) is 60.5 cm³/mol. The summed E-state index contributed by atoms with van der Waals surface area (Å²) >= 11 is 11.0. The minimum atomic E-state index is -0.0108. The zero-order chi connectivity index (χ0) is 9.42. The average Bonchev–Trinajstić information content (AvgIpc) is 2.48. The molecule has 0 amide bonds. The van der Waals surface area contributed by atoms with E-state index in [-0.39, 0.29) is 6.61 Å². The van der Waals surface area contributed by atoms with E-state index >= 15 is 0 Å². The molecule has 0 aliphatic carbocycles. The first kappa shape index (κ1) is 9.46. The highest BCUT2D eigenvalue weighted by molar-refractivity contribution is 9.10. The number of hydrogen-bond acceptors (Lipinski definition) is 2. The van der Waals surface area contributed by atoms with Gasteiger partial charge < -0.3 is 5.11 Å². The Labute approximate surface area is 93.1 Å². The number of halogens is 2. The summed E-state index contributed by atoms with van der Waals surface area (Å²) in [6.07, 6.45) is 0. The summed E-state index contributed by atoms with van der Waals surface area (Å²) in [6, 6.07) is 3.77. The number of thiophene rings is 1. The van der Waals surface area contributed by atoms with Gasteiger partial charge in [-0.15, -0.1) is 11.3 Å². The van der Waals surface area contributed by atoms with E-state index in [1.165, 1.54) is 0 Å². The zero-order valence-corrected chi connectivity index (χ0v) is 9.71. The first-order valence-corrected chi connectivity index (χ1v) is 5.74. The number of benzene rings is 1. The maximum atomic E-state index is 9.13. The van der Waals surface area contributed by atoms with Crippen LogP contribution in [-0.4, -0.2) is 5.11 Å². The fourth-order valence-electron chi connectivity index (χ4n) is 1.25. The molecule has 4 heteroatoms. The highest BCUT2D eigenvalue weighted by Gasteiger charge is 2.08. The first-order valence-electron chi connectivity index (χ1n) is 3.69. The molecule has 0 bridgehead atoms. The van der Waals surface area contributed by atoms with Crippen molar-refractivity contribution in [3.63, 3.8) is 0 Å². The van der Waals surface area contributed by atoms with Crippen LogP contribution in [0.4, 0.5) is 0 Å². The van der Waals surface area contributed by atoms with Crippen molar-refractivity contribution in [1.82, 2.24) is 0 Å². The molecule has 0 unspecified atom stereocenters. The molecule has 0 atom stereocenters. The Hall–Kier alpha value is -0.0900. The summed E-state index contributed by atoms with van der Waals surface area (Å²) < 4.78 is 2.11. The van der Waals surface area contributed by atoms with Crippen LogP contribution in [0.2, 0.25) is 5.02 Å². The lowest BCUT2D eigenvalue weighted by Gasteiger charge is -2.01. The summed E-state index contributed by atoms with van der Waals surface area (Å²) in [5, 5.41) is 12.9. The molecule has 0 radical (unpaired) electrons. The van der Waals surface area contributed by atoms with Crippen LogP contribution in [-0.2, 0) is 6.61 Å². The summed E-state index contributed by atoms with van der Waals surface area (Å²) in [7, 11) is 0. The molecule has 1 heterocycles. The number of aliphatic hydroxyl groups excluding tert-OH is 1. The SMILES string of the molecule is OCc1c(Cl)ccc2c(Br)csc12. The van der Waals surface area contributed by atoms with E-state index in [2.05, 4.69) is 15.9 Å². The van der Waals surface area contributed by atoms with Crippen LogP contribution in [0.3, 0.4) is 0 Å². The first-order chi connectivity index (χ1) is 6.24. The van der Waals surface area contributed by atoms with Gasteiger partial charge in [0.2, 0.25) is 0 Å². The van der Waals surface area contributed by atoms with Crippen molar-refractivity contribution in [3.8, 4) is 0 Å². The number of fused-ring (bicyclic) bond motifs is 1. The van der Waals surface area contributed by atoms with Crippen molar-refractivity contribution in [1.29, 1.82) is 0 Å². The van der Waals surface area contributed by atoms with Gasteiger partial charge in [-0.3, -0.25) is 0 Å². The molecule has 0 aliphatic heterocycles. The van der Waals surface area contributed by atoms with E-state index in [9.17, 15) is 0 Å². The van der Waals surface area contributed by atoms with Crippen molar-refractivity contribution in [3.05, 3.63) is 32.6 Å². The average molecular weight is 278 g/mol. The van der Waals surface area contributed by atoms with Crippen LogP contribution in [0.1, 0.15) is 5.56 Å². The maximum absolute atomic E-state index is 9.13. The second-order valence-electron chi connectivity index (χ2n) is 2.64. The van der Waals surface area contributed by atoms with Gasteiger partial charge in [-0.25, -0.2) is 0 Å². The molecule has 0 saturated heterocycles. The molecule has 0 spiro atoms. The second kappa shape index (κ2) is 3.58. The van der Waals surface area contributed by atoms with Crippen LogP contribution < -0.4 is 0 Å². The summed E-state index contributed by atoms with van der Waals surface area (Å²) in [5.41, 5.74) is 0.815. The molecular formula is C9H6BrClOS. The minimum Gasteiger partial charge on any atom is -0.392 e. The van der Waals surface area contributed by atoms with E-state index in [4.69, 9.17) is 16.7 Å². The van der Waals surface area contributed by atoms with Gasteiger partial charge >= 0.3 is 0 Å². The molecule has 1 nitrogen and oxygen atoms in total. The van der Waals surface area contributed by atoms with Gasteiger partial charge in [-0.05, 0) is 22.0 Å². The van der Waals surface area contributed by atoms with Gasteiger partial charge in [0.15, 0.2) is 0 Å². The fraction of sp³-hybridized carbons (Fsp3) is 0.111. The zero-order valence-electron chi connectivity index (χ0n) is 6.55. The number of rotatable bonds is 1. The van der Waals surface area contributed by atoms with Crippen molar-refractivity contribution in [2.75, 3.05) is 0 Å². The standard InChI is InChI=1S/C9H6BrClOS/c10-7-4-13-9-5(7)1-2-8(11)6(9)3-12/h1-2,4,12H,3H2. The lowest BCUT2D eigenvalue weighted by atomic mass is 10.2. The highest BCUT2D eigenvalue weighted by Crippen LogP contribution is 2.35. The van der Waals surface area contributed by atoms with Crippen molar-refractivity contribution in [2.45, 2.75) is 6.61 Å². The van der Waals surface area contributed by atoms with Crippen molar-refractivity contribution >= 4 is 49.0 Å². The molecule has 1 N–H and O–H groups in total. The molecule has 1 aromatic carbocycles. The third-order valence-electron chi connectivity index (χ3n) is 1.90. The second-order valence-corrected chi connectivity index (χ2v) is 4.79. The third kappa shape index (κ3) is 1.50. The van der Waals surface area contributed by atoms with Gasteiger partial charge in [0.05, 0.1) is 6.61 Å². The molecule has 0 aliphatic rings. The Kier molecular flexibility index (Phi) is 2.60. The molecular weight excluding hydrogens is 272 g/mol. The summed E-state index contributed by atoms with van der Waals surface area (Å²) in [5.74, 6) is 0. The fourth-order valence-corrected chi connectivity index (χ4v) is 3.23. The topological polar surface area (TPSA) is 20.2 Å². The lowest BCUT2D eigenvalue weighted by molar-refractivity contribution is 0.283. The maximum Gasteiger partial charge on any atom is 0.0710 e. The van der Waals surface area contributed by atoms with E-state index in [0.29, 0.717) is 5.02 Å². The van der Waals surface area contributed by atoms with Crippen LogP contribution in [0, 0.1) is 0 Å². The predicted octanol–water partition coefficient (Wildman–Crippen LogP) is 3.81. The summed E-state index contributed by atoms with van der Waals surface area (Å²) in [6.45, 7) is -0.0108. The van der Waals surface area contributed by atoms with Gasteiger partial charge in [0, 0.05) is 30.5 Å². The quantitative estimate of drug-likeness (QED) is 0.840. The Morgan fingerprint density at radius 1 is 1.46 bits per heavy atom. The van der Waals surface area contributed by atoms with Gasteiger partial charge in [-0.1, -0.05) is 17.7 Å². The van der Waals surface area contributed by atoms with Crippen molar-refractivity contribution < 1.29 is 5.11 Å². The van der Waals surface area contributed by atoms with Crippen molar-refractivity contribution in [2.24, 2.45) is 0 Å². The normalized spacial score (nSPS) is 11.0. The van der Waals surface area contributed by atoms with E-state index in [1.54, 1.807) is 11.3 Å². The molecule has 1 aromatic heterocycles.